The number of hydrogen-bond donors (Lipinski definition) is 0. The minimum atomic E-state index is -1.61. The summed E-state index contributed by atoms with van der Waals surface area (Å²) < 4.78 is 7.49. The topological polar surface area (TPSA) is 0 Å². The van der Waals surface area contributed by atoms with E-state index in [-0.39, 0.29) is 0 Å². The van der Waals surface area contributed by atoms with E-state index in [0.717, 1.165) is 5.92 Å². The van der Waals surface area contributed by atoms with Gasteiger partial charge in [0.05, 0.1) is 0 Å². The van der Waals surface area contributed by atoms with Gasteiger partial charge in [0.15, 0.2) is 0 Å². The Labute approximate surface area is 151 Å². The molecule has 0 N–H and O–H groups in total. The van der Waals surface area contributed by atoms with Crippen molar-refractivity contribution >= 4 is 6.08 Å². The molecule has 0 saturated carbocycles. The van der Waals surface area contributed by atoms with Crippen molar-refractivity contribution in [2.75, 3.05) is 0 Å². The average molecular weight is 396 g/mol. The van der Waals surface area contributed by atoms with Crippen molar-refractivity contribution in [1.82, 2.24) is 0 Å². The van der Waals surface area contributed by atoms with E-state index >= 15 is 0 Å². The number of allylic oxidation sites excluding steroid dienone is 1. The van der Waals surface area contributed by atoms with Crippen molar-refractivity contribution in [3.05, 3.63) is 65.2 Å². The van der Waals surface area contributed by atoms with Crippen LogP contribution in [0.1, 0.15) is 43.2 Å². The second kappa shape index (κ2) is 6.76. The van der Waals surface area contributed by atoms with Gasteiger partial charge < -0.3 is 0 Å². The van der Waals surface area contributed by atoms with Gasteiger partial charge >= 0.3 is 152 Å². The SMILES string of the molecule is CCCCC1=Cc2c(-c3ccccc3)cccc2C1[CH2][Zr]1([CH3])[CH2][CH2]1. The molecule has 1 fully saturated rings. The molecule has 1 aliphatic heterocycles. The second-order valence-electron chi connectivity index (χ2n) is 8.06. The molecule has 0 amide bonds. The Kier molecular flexibility index (Phi) is 4.65. The normalized spacial score (nSPS) is 20.6. The van der Waals surface area contributed by atoms with E-state index < -0.39 is 20.3 Å². The van der Waals surface area contributed by atoms with Gasteiger partial charge in [-0.05, 0) is 0 Å². The van der Waals surface area contributed by atoms with Crippen molar-refractivity contribution < 1.29 is 20.3 Å². The van der Waals surface area contributed by atoms with Crippen molar-refractivity contribution in [1.29, 1.82) is 0 Å². The summed E-state index contributed by atoms with van der Waals surface area (Å²) in [6.07, 6.45) is 6.50. The van der Waals surface area contributed by atoms with Crippen LogP contribution in [-0.2, 0) is 20.3 Å². The molecule has 0 radical (unpaired) electrons. The molecule has 0 bridgehead atoms. The summed E-state index contributed by atoms with van der Waals surface area (Å²) in [5.41, 5.74) is 7.69. The van der Waals surface area contributed by atoms with Gasteiger partial charge in [0.25, 0.3) is 0 Å². The summed E-state index contributed by atoms with van der Waals surface area (Å²) in [4.78, 5) is 0. The fourth-order valence-electron chi connectivity index (χ4n) is 4.18. The second-order valence-corrected chi connectivity index (χ2v) is 20.4. The van der Waals surface area contributed by atoms with Gasteiger partial charge in [0.1, 0.15) is 0 Å². The zero-order valence-corrected chi connectivity index (χ0v) is 17.5. The van der Waals surface area contributed by atoms with E-state index in [0.29, 0.717) is 0 Å². The first-order valence-electron chi connectivity index (χ1n) is 9.59. The van der Waals surface area contributed by atoms with Gasteiger partial charge in [-0.25, -0.2) is 0 Å². The molecule has 0 nitrogen and oxygen atoms in total. The zero-order chi connectivity index (χ0) is 16.6. The maximum absolute atomic E-state index is 2.69. The molecule has 2 aromatic carbocycles. The monoisotopic (exact) mass is 394 g/mol. The predicted octanol–water partition coefficient (Wildman–Crippen LogP) is 7.49. The number of rotatable bonds is 6. The summed E-state index contributed by atoms with van der Waals surface area (Å²) in [7, 11) is 0. The van der Waals surface area contributed by atoms with Crippen LogP contribution in [0.5, 0.6) is 0 Å². The Morgan fingerprint density at radius 2 is 1.79 bits per heavy atom. The van der Waals surface area contributed by atoms with Crippen LogP contribution in [0.3, 0.4) is 0 Å². The summed E-state index contributed by atoms with van der Waals surface area (Å²) in [5.74, 6) is 0.749. The Morgan fingerprint density at radius 3 is 2.50 bits per heavy atom. The average Bonchev–Trinajstić information content (AvgIpc) is 3.24. The molecule has 4 rings (SSSR count). The Bertz CT molecular complexity index is 753. The van der Waals surface area contributed by atoms with Crippen LogP contribution >= 0.6 is 0 Å². The molecule has 124 valence electrons. The Hall–Kier alpha value is -0.937. The predicted molar refractivity (Wildman–Crippen MR) is 102 cm³/mol. The first-order valence-corrected chi connectivity index (χ1v) is 17.3. The molecular formula is C23H28Zr. The van der Waals surface area contributed by atoms with E-state index in [2.05, 4.69) is 66.2 Å². The number of benzene rings is 2. The molecule has 1 saturated heterocycles. The number of unbranched alkanes of at least 4 members (excludes halogenated alkanes) is 1. The standard InChI is InChI=1S/C20H21.C2H4.CH3.Zr/c1-3-4-9-17-14-20-18(15(17)2)12-8-13-19(20)16-10-6-5-7-11-16;1-2;;/h5-8,10-15H,2-4,9H2,1H3;1-2H2;1H3;. The third-order valence-electron chi connectivity index (χ3n) is 6.00. The van der Waals surface area contributed by atoms with E-state index in [4.69, 9.17) is 0 Å². The molecule has 1 aliphatic carbocycles. The summed E-state index contributed by atoms with van der Waals surface area (Å²) in [6.45, 7) is 2.31. The van der Waals surface area contributed by atoms with E-state index in [9.17, 15) is 0 Å². The molecule has 2 aliphatic rings. The van der Waals surface area contributed by atoms with E-state index in [1.165, 1.54) is 36.0 Å². The van der Waals surface area contributed by atoms with Gasteiger partial charge in [-0.15, -0.1) is 0 Å². The van der Waals surface area contributed by atoms with Crippen molar-refractivity contribution in [2.24, 2.45) is 0 Å². The molecule has 1 heterocycles. The third-order valence-corrected chi connectivity index (χ3v) is 14.8. The van der Waals surface area contributed by atoms with Crippen molar-refractivity contribution in [2.45, 2.75) is 49.1 Å². The van der Waals surface area contributed by atoms with Crippen molar-refractivity contribution in [3.63, 3.8) is 0 Å². The van der Waals surface area contributed by atoms with Gasteiger partial charge in [-0.1, -0.05) is 0 Å². The van der Waals surface area contributed by atoms with Crippen LogP contribution in [0.15, 0.2) is 54.1 Å². The first kappa shape index (κ1) is 16.5. The molecule has 0 spiro atoms. The van der Waals surface area contributed by atoms with Crippen molar-refractivity contribution in [3.8, 4) is 11.1 Å². The summed E-state index contributed by atoms with van der Waals surface area (Å²) in [6, 6.07) is 17.9. The van der Waals surface area contributed by atoms with Crippen LogP contribution in [0.25, 0.3) is 17.2 Å². The van der Waals surface area contributed by atoms with Crippen LogP contribution in [0.4, 0.5) is 0 Å². The molecular weight excluding hydrogens is 367 g/mol. The quantitative estimate of drug-likeness (QED) is 0.475. The summed E-state index contributed by atoms with van der Waals surface area (Å²) in [5, 5.41) is 0. The summed E-state index contributed by atoms with van der Waals surface area (Å²) >= 11 is -1.61. The Balaban J connectivity index is 1.75. The first-order chi connectivity index (χ1) is 11.7. The molecule has 1 unspecified atom stereocenters. The van der Waals surface area contributed by atoms with Gasteiger partial charge in [-0.2, -0.15) is 0 Å². The van der Waals surface area contributed by atoms with Crippen LogP contribution in [0.2, 0.25) is 17.0 Å². The van der Waals surface area contributed by atoms with Gasteiger partial charge in [0.2, 0.25) is 0 Å². The Morgan fingerprint density at radius 1 is 1.00 bits per heavy atom. The van der Waals surface area contributed by atoms with E-state index in [1.54, 1.807) is 23.5 Å². The van der Waals surface area contributed by atoms with Crippen LogP contribution in [-0.4, -0.2) is 0 Å². The molecule has 24 heavy (non-hydrogen) atoms. The maximum atomic E-state index is 2.69. The third kappa shape index (κ3) is 3.25. The van der Waals surface area contributed by atoms with E-state index in [1.807, 2.05) is 0 Å². The molecule has 2 aromatic rings. The molecule has 1 atom stereocenters. The molecule has 1 heteroatoms. The van der Waals surface area contributed by atoms with Crippen LogP contribution < -0.4 is 0 Å². The fourth-order valence-corrected chi connectivity index (χ4v) is 16.0. The number of fused-ring (bicyclic) bond motifs is 1. The number of hydrogen-bond acceptors (Lipinski definition) is 0. The van der Waals surface area contributed by atoms with Gasteiger partial charge in [-0.3, -0.25) is 0 Å². The zero-order valence-electron chi connectivity index (χ0n) is 15.0. The van der Waals surface area contributed by atoms with Gasteiger partial charge in [0, 0.05) is 0 Å². The van der Waals surface area contributed by atoms with Crippen LogP contribution in [0, 0.1) is 0 Å². The minimum absolute atomic E-state index is 0.749. The fraction of sp³-hybridized carbons (Fsp3) is 0.391. The molecule has 0 aromatic heterocycles.